The van der Waals surface area contributed by atoms with Gasteiger partial charge in [-0.3, -0.25) is 9.59 Å². The zero-order valence-corrected chi connectivity index (χ0v) is 15.3. The highest BCUT2D eigenvalue weighted by molar-refractivity contribution is 5.94. The van der Waals surface area contributed by atoms with Gasteiger partial charge >= 0.3 is 11.8 Å². The normalized spacial score (nSPS) is 10.3. The maximum atomic E-state index is 12.1. The molecule has 0 bridgehead atoms. The topological polar surface area (TPSA) is 106 Å². The molecule has 8 heteroatoms. The number of aromatic nitrogens is 2. The van der Waals surface area contributed by atoms with Crippen LogP contribution in [0.3, 0.4) is 0 Å². The molecule has 28 heavy (non-hydrogen) atoms. The summed E-state index contributed by atoms with van der Waals surface area (Å²) < 4.78 is 10.3. The molecular formula is C20H20N4O4. The molecule has 1 heterocycles. The summed E-state index contributed by atoms with van der Waals surface area (Å²) in [6.45, 7) is 2.95. The van der Waals surface area contributed by atoms with Gasteiger partial charge in [-0.15, -0.1) is 0 Å². The van der Waals surface area contributed by atoms with E-state index < -0.39 is 5.91 Å². The highest BCUT2D eigenvalue weighted by Gasteiger charge is 2.15. The third-order valence-corrected chi connectivity index (χ3v) is 3.78. The number of rotatable bonds is 8. The molecule has 0 fully saturated rings. The number of carbonyl (C=O) groups is 2. The number of nitrogens with one attached hydrogen (secondary N) is 2. The molecule has 2 amide bonds. The Balaban J connectivity index is 1.44. The minimum Gasteiger partial charge on any atom is -0.494 e. The predicted octanol–water partition coefficient (Wildman–Crippen LogP) is 2.30. The van der Waals surface area contributed by atoms with Gasteiger partial charge in [0.25, 0.3) is 5.91 Å². The zero-order chi connectivity index (χ0) is 19.8. The van der Waals surface area contributed by atoms with Gasteiger partial charge in [-0.2, -0.15) is 4.98 Å². The van der Waals surface area contributed by atoms with E-state index in [-0.39, 0.29) is 24.9 Å². The first-order valence-electron chi connectivity index (χ1n) is 8.85. The van der Waals surface area contributed by atoms with Gasteiger partial charge in [-0.05, 0) is 31.2 Å². The van der Waals surface area contributed by atoms with Gasteiger partial charge in [0.05, 0.1) is 6.61 Å². The quantitative estimate of drug-likeness (QED) is 0.581. The minimum atomic E-state index is -0.495. The Labute approximate surface area is 161 Å². The van der Waals surface area contributed by atoms with E-state index >= 15 is 0 Å². The van der Waals surface area contributed by atoms with Crippen LogP contribution in [0.2, 0.25) is 0 Å². The van der Waals surface area contributed by atoms with Crippen LogP contribution in [0.1, 0.15) is 28.0 Å². The summed E-state index contributed by atoms with van der Waals surface area (Å²) in [5.74, 6) is 0.193. The molecule has 1 aromatic heterocycles. The zero-order valence-electron chi connectivity index (χ0n) is 15.3. The summed E-state index contributed by atoms with van der Waals surface area (Å²) in [5, 5.41) is 9.15. The van der Waals surface area contributed by atoms with E-state index in [2.05, 4.69) is 20.8 Å². The number of ether oxygens (including phenoxy) is 1. The summed E-state index contributed by atoms with van der Waals surface area (Å²) in [7, 11) is 0. The number of amides is 2. The van der Waals surface area contributed by atoms with Crippen molar-refractivity contribution in [3.8, 4) is 17.1 Å². The van der Waals surface area contributed by atoms with Gasteiger partial charge in [0.2, 0.25) is 5.82 Å². The fourth-order valence-electron chi connectivity index (χ4n) is 2.42. The Morgan fingerprint density at radius 2 is 1.64 bits per heavy atom. The number of benzene rings is 2. The first-order chi connectivity index (χ1) is 13.7. The molecule has 0 saturated carbocycles. The molecule has 0 unspecified atom stereocenters. The molecule has 0 radical (unpaired) electrons. The van der Waals surface area contributed by atoms with Crippen LogP contribution in [0.25, 0.3) is 11.4 Å². The van der Waals surface area contributed by atoms with Crippen LogP contribution in [0.15, 0.2) is 59.1 Å². The van der Waals surface area contributed by atoms with Crippen molar-refractivity contribution in [3.05, 3.63) is 66.1 Å². The van der Waals surface area contributed by atoms with Gasteiger partial charge in [-0.25, -0.2) is 0 Å². The van der Waals surface area contributed by atoms with Crippen molar-refractivity contribution in [2.75, 3.05) is 19.7 Å². The number of carbonyl (C=O) groups excluding carboxylic acids is 2. The average molecular weight is 380 g/mol. The number of hydrogen-bond donors (Lipinski definition) is 2. The van der Waals surface area contributed by atoms with E-state index in [1.165, 1.54) is 0 Å². The average Bonchev–Trinajstić information content (AvgIpc) is 3.23. The second-order valence-corrected chi connectivity index (χ2v) is 5.76. The Morgan fingerprint density at radius 3 is 2.32 bits per heavy atom. The molecule has 0 spiro atoms. The maximum absolute atomic E-state index is 12.1. The Morgan fingerprint density at radius 1 is 0.964 bits per heavy atom. The Hall–Kier alpha value is -3.68. The third kappa shape index (κ3) is 4.94. The lowest BCUT2D eigenvalue weighted by atomic mass is 10.2. The van der Waals surface area contributed by atoms with Crippen LogP contribution in [-0.2, 0) is 0 Å². The van der Waals surface area contributed by atoms with Crippen molar-refractivity contribution in [2.45, 2.75) is 6.92 Å². The molecule has 0 aliphatic heterocycles. The van der Waals surface area contributed by atoms with E-state index in [4.69, 9.17) is 9.26 Å². The molecule has 0 saturated heterocycles. The van der Waals surface area contributed by atoms with Crippen molar-refractivity contribution in [1.82, 2.24) is 20.8 Å². The highest BCUT2D eigenvalue weighted by atomic mass is 16.5. The SMILES string of the molecule is CCOc1ccc(C(=O)NCCNC(=O)c2nc(-c3ccccc3)no2)cc1. The van der Waals surface area contributed by atoms with E-state index in [1.807, 2.05) is 37.3 Å². The van der Waals surface area contributed by atoms with E-state index in [9.17, 15) is 9.59 Å². The Kier molecular flexibility index (Phi) is 6.35. The van der Waals surface area contributed by atoms with Crippen LogP contribution >= 0.6 is 0 Å². The fraction of sp³-hybridized carbons (Fsp3) is 0.200. The molecule has 2 N–H and O–H groups in total. The standard InChI is InChI=1S/C20H20N4O4/c1-2-27-16-10-8-15(9-11-16)18(25)21-12-13-22-19(26)20-23-17(24-28-20)14-6-4-3-5-7-14/h3-11H,2,12-13H2,1H3,(H,21,25)(H,22,26). The van der Waals surface area contributed by atoms with E-state index in [0.29, 0.717) is 23.7 Å². The number of nitrogens with zero attached hydrogens (tertiary/aromatic N) is 2. The summed E-state index contributed by atoms with van der Waals surface area (Å²) in [6.07, 6.45) is 0. The van der Waals surface area contributed by atoms with Crippen molar-refractivity contribution >= 4 is 11.8 Å². The molecule has 3 rings (SSSR count). The van der Waals surface area contributed by atoms with Gasteiger partial charge in [0, 0.05) is 24.2 Å². The van der Waals surface area contributed by atoms with Crippen molar-refractivity contribution < 1.29 is 18.8 Å². The Bertz CT molecular complexity index is 923. The lowest BCUT2D eigenvalue weighted by molar-refractivity contribution is 0.0898. The van der Waals surface area contributed by atoms with E-state index in [1.54, 1.807) is 24.3 Å². The molecule has 2 aromatic carbocycles. The summed E-state index contributed by atoms with van der Waals surface area (Å²) >= 11 is 0. The third-order valence-electron chi connectivity index (χ3n) is 3.78. The van der Waals surface area contributed by atoms with Crippen molar-refractivity contribution in [3.63, 3.8) is 0 Å². The molecule has 0 aliphatic carbocycles. The fourth-order valence-corrected chi connectivity index (χ4v) is 2.42. The van der Waals surface area contributed by atoms with Crippen LogP contribution < -0.4 is 15.4 Å². The molecule has 0 atom stereocenters. The maximum Gasteiger partial charge on any atom is 0.316 e. The molecule has 3 aromatic rings. The van der Waals surface area contributed by atoms with Crippen LogP contribution in [-0.4, -0.2) is 41.7 Å². The lowest BCUT2D eigenvalue weighted by Crippen LogP contribution is -2.34. The highest BCUT2D eigenvalue weighted by Crippen LogP contribution is 2.14. The van der Waals surface area contributed by atoms with Gasteiger partial charge in [0.1, 0.15) is 5.75 Å². The monoisotopic (exact) mass is 380 g/mol. The lowest BCUT2D eigenvalue weighted by Gasteiger charge is -2.07. The number of hydrogen-bond acceptors (Lipinski definition) is 6. The van der Waals surface area contributed by atoms with Crippen LogP contribution in [0.5, 0.6) is 5.75 Å². The van der Waals surface area contributed by atoms with Gasteiger partial charge < -0.3 is 19.9 Å². The first-order valence-corrected chi connectivity index (χ1v) is 8.85. The predicted molar refractivity (Wildman–Crippen MR) is 102 cm³/mol. The summed E-state index contributed by atoms with van der Waals surface area (Å²) in [4.78, 5) is 28.2. The summed E-state index contributed by atoms with van der Waals surface area (Å²) in [5.41, 5.74) is 1.27. The minimum absolute atomic E-state index is 0.128. The summed E-state index contributed by atoms with van der Waals surface area (Å²) in [6, 6.07) is 16.0. The van der Waals surface area contributed by atoms with Crippen LogP contribution in [0.4, 0.5) is 0 Å². The molecule has 0 aliphatic rings. The molecular weight excluding hydrogens is 360 g/mol. The van der Waals surface area contributed by atoms with Crippen molar-refractivity contribution in [2.24, 2.45) is 0 Å². The first kappa shape index (κ1) is 19.1. The van der Waals surface area contributed by atoms with Crippen LogP contribution in [0, 0.1) is 0 Å². The largest absolute Gasteiger partial charge is 0.494 e. The molecule has 8 nitrogen and oxygen atoms in total. The van der Waals surface area contributed by atoms with Crippen molar-refractivity contribution in [1.29, 1.82) is 0 Å². The van der Waals surface area contributed by atoms with Gasteiger partial charge in [-0.1, -0.05) is 35.5 Å². The van der Waals surface area contributed by atoms with E-state index in [0.717, 1.165) is 5.56 Å². The smallest absolute Gasteiger partial charge is 0.316 e. The second kappa shape index (κ2) is 9.31. The second-order valence-electron chi connectivity index (χ2n) is 5.76. The molecule has 144 valence electrons. The van der Waals surface area contributed by atoms with Gasteiger partial charge in [0.15, 0.2) is 0 Å².